The lowest BCUT2D eigenvalue weighted by Crippen LogP contribution is -2.39. The Bertz CT molecular complexity index is 383. The summed E-state index contributed by atoms with van der Waals surface area (Å²) in [5.41, 5.74) is 0.307. The third-order valence-electron chi connectivity index (χ3n) is 2.05. The Kier molecular flexibility index (Phi) is 5.43. The van der Waals surface area contributed by atoms with Gasteiger partial charge in [0.15, 0.2) is 5.17 Å². The lowest BCUT2D eigenvalue weighted by molar-refractivity contribution is -0.130. The molecule has 6 nitrogen and oxygen atoms in total. The largest absolute Gasteiger partial charge is 0.299 e. The molecule has 17 heavy (non-hydrogen) atoms. The minimum atomic E-state index is -0.371. The van der Waals surface area contributed by atoms with Crippen molar-refractivity contribution in [3.05, 3.63) is 0 Å². The summed E-state index contributed by atoms with van der Waals surface area (Å²) >= 11 is 6.65. The van der Waals surface area contributed by atoms with E-state index in [2.05, 4.69) is 14.9 Å². The highest BCUT2D eigenvalue weighted by molar-refractivity contribution is 8.13. The van der Waals surface area contributed by atoms with Gasteiger partial charge in [0.25, 0.3) is 5.91 Å². The van der Waals surface area contributed by atoms with Gasteiger partial charge >= 0.3 is 0 Å². The first kappa shape index (κ1) is 14.0. The molecule has 0 saturated carbocycles. The van der Waals surface area contributed by atoms with E-state index in [1.54, 1.807) is 0 Å². The first-order chi connectivity index (χ1) is 8.08. The number of carbonyl (C=O) groups excluding carboxylic acids is 2. The average molecular weight is 277 g/mol. The Morgan fingerprint density at radius 2 is 2.35 bits per heavy atom. The predicted octanol–water partition coefficient (Wildman–Crippen LogP) is 0.974. The molecule has 0 aromatic rings. The number of hydrogen-bond acceptors (Lipinski definition) is 5. The molecule has 2 amide bonds. The lowest BCUT2D eigenvalue weighted by Gasteiger charge is -2.18. The number of amidine groups is 1. The van der Waals surface area contributed by atoms with Crippen LogP contribution in [0.5, 0.6) is 0 Å². The first-order valence-electron chi connectivity index (χ1n) is 5.05. The van der Waals surface area contributed by atoms with E-state index in [9.17, 15) is 9.59 Å². The highest BCUT2D eigenvalue weighted by atomic mass is 35.5. The van der Waals surface area contributed by atoms with Crippen LogP contribution in [0, 0.1) is 0 Å². The number of hydrazone groups is 1. The quantitative estimate of drug-likeness (QED) is 0.603. The van der Waals surface area contributed by atoms with Crippen LogP contribution in [0.4, 0.5) is 0 Å². The Balaban J connectivity index is 2.65. The summed E-state index contributed by atoms with van der Waals surface area (Å²) < 4.78 is 3.43. The molecule has 0 atom stereocenters. The van der Waals surface area contributed by atoms with Crippen molar-refractivity contribution < 1.29 is 9.59 Å². The second-order valence-electron chi connectivity index (χ2n) is 3.24. The van der Waals surface area contributed by atoms with Crippen LogP contribution >= 0.6 is 23.5 Å². The van der Waals surface area contributed by atoms with Gasteiger partial charge in [0, 0.05) is 31.7 Å². The number of hydrogen-bond donors (Lipinski definition) is 1. The monoisotopic (exact) mass is 276 g/mol. The molecule has 0 bridgehead atoms. The maximum atomic E-state index is 11.8. The fourth-order valence-electron chi connectivity index (χ4n) is 1.22. The Morgan fingerprint density at radius 3 is 2.88 bits per heavy atom. The summed E-state index contributed by atoms with van der Waals surface area (Å²) in [7, 11) is 1.52. The molecule has 0 fully saturated rings. The molecule has 94 valence electrons. The van der Waals surface area contributed by atoms with Crippen molar-refractivity contribution in [3.8, 4) is 0 Å². The fourth-order valence-corrected chi connectivity index (χ4v) is 1.90. The van der Waals surface area contributed by atoms with Crippen molar-refractivity contribution in [2.24, 2.45) is 9.61 Å². The minimum Gasteiger partial charge on any atom is -0.299 e. The summed E-state index contributed by atoms with van der Waals surface area (Å²) in [6.45, 7) is 1.92. The van der Waals surface area contributed by atoms with E-state index < -0.39 is 0 Å². The highest BCUT2D eigenvalue weighted by Gasteiger charge is 2.22. The highest BCUT2D eigenvalue weighted by Crippen LogP contribution is 2.08. The zero-order valence-corrected chi connectivity index (χ0v) is 11.1. The summed E-state index contributed by atoms with van der Waals surface area (Å²) in [6.07, 6.45) is 0.623. The van der Waals surface area contributed by atoms with Crippen LogP contribution in [-0.4, -0.2) is 40.5 Å². The molecular formula is C9H13ClN4O2S. The summed E-state index contributed by atoms with van der Waals surface area (Å²) in [6, 6.07) is 0. The maximum absolute atomic E-state index is 11.8. The van der Waals surface area contributed by atoms with Gasteiger partial charge in [-0.1, -0.05) is 18.7 Å². The number of nitrogens with one attached hydrogen (secondary N) is 1. The first-order valence-corrected chi connectivity index (χ1v) is 6.38. The van der Waals surface area contributed by atoms with E-state index in [1.807, 2.05) is 6.92 Å². The second-order valence-corrected chi connectivity index (χ2v) is 4.66. The molecule has 0 saturated heterocycles. The topological polar surface area (TPSA) is 74.1 Å². The number of carbonyl (C=O) groups is 2. The molecule has 1 aliphatic rings. The van der Waals surface area contributed by atoms with Crippen LogP contribution < -0.4 is 5.32 Å². The Labute approximate surface area is 109 Å². The van der Waals surface area contributed by atoms with Crippen LogP contribution in [0.25, 0.3) is 0 Å². The average Bonchev–Trinajstić information content (AvgIpc) is 2.31. The zero-order valence-electron chi connectivity index (χ0n) is 9.57. The van der Waals surface area contributed by atoms with E-state index >= 15 is 0 Å². The third-order valence-corrected chi connectivity index (χ3v) is 3.07. The van der Waals surface area contributed by atoms with Crippen molar-refractivity contribution >= 4 is 46.2 Å². The summed E-state index contributed by atoms with van der Waals surface area (Å²) in [5.74, 6) is 0.275. The van der Waals surface area contributed by atoms with Crippen molar-refractivity contribution in [2.45, 2.75) is 19.8 Å². The van der Waals surface area contributed by atoms with Gasteiger partial charge in [0.05, 0.1) is 0 Å². The number of thioether (sulfide) groups is 1. The smallest absolute Gasteiger partial charge is 0.273 e. The number of amides is 2. The van der Waals surface area contributed by atoms with Gasteiger partial charge in [0.2, 0.25) is 5.91 Å². The Morgan fingerprint density at radius 1 is 1.65 bits per heavy atom. The van der Waals surface area contributed by atoms with Crippen LogP contribution in [-0.2, 0) is 9.59 Å². The maximum Gasteiger partial charge on any atom is 0.273 e. The molecule has 0 aromatic heterocycles. The van der Waals surface area contributed by atoms with Gasteiger partial charge < -0.3 is 0 Å². The molecule has 0 radical (unpaired) electrons. The van der Waals surface area contributed by atoms with E-state index in [1.165, 1.54) is 23.8 Å². The van der Waals surface area contributed by atoms with Crippen molar-refractivity contribution in [2.75, 3.05) is 12.8 Å². The fraction of sp³-hybridized carbons (Fsp3) is 0.556. The molecule has 1 heterocycles. The summed E-state index contributed by atoms with van der Waals surface area (Å²) in [4.78, 5) is 22.9. The van der Waals surface area contributed by atoms with Gasteiger partial charge in [-0.15, -0.1) is 0 Å². The van der Waals surface area contributed by atoms with E-state index in [0.717, 1.165) is 5.75 Å². The van der Waals surface area contributed by atoms with Gasteiger partial charge in [-0.2, -0.15) is 9.61 Å². The molecule has 0 aliphatic carbocycles. The number of halogens is 1. The standard InChI is InChI=1S/C9H13ClN4O2S/c1-3-17-9(12-10)11-8(16)6-4-5-7(15)14(2)13-6/h3-5H2,1-2H3,(H,11,12,16). The van der Waals surface area contributed by atoms with Crippen LogP contribution in [0.2, 0.25) is 0 Å². The van der Waals surface area contributed by atoms with E-state index in [-0.39, 0.29) is 18.2 Å². The second kappa shape index (κ2) is 6.61. The molecule has 0 spiro atoms. The molecule has 1 aliphatic heterocycles. The molecule has 1 N–H and O–H groups in total. The zero-order chi connectivity index (χ0) is 12.8. The van der Waals surface area contributed by atoms with Gasteiger partial charge in [-0.25, -0.2) is 5.01 Å². The number of rotatable bonds is 2. The lowest BCUT2D eigenvalue weighted by atomic mass is 10.1. The van der Waals surface area contributed by atoms with Crippen LogP contribution in [0.3, 0.4) is 0 Å². The van der Waals surface area contributed by atoms with Crippen molar-refractivity contribution in [1.29, 1.82) is 0 Å². The van der Waals surface area contributed by atoms with Gasteiger partial charge in [0.1, 0.15) is 5.71 Å². The SMILES string of the molecule is CCS/C(=N\Cl)NC(=O)C1=NN(C)C(=O)CC1. The predicted molar refractivity (Wildman–Crippen MR) is 69.0 cm³/mol. The van der Waals surface area contributed by atoms with Gasteiger partial charge in [-0.05, 0) is 5.75 Å². The third kappa shape index (κ3) is 4.01. The van der Waals surface area contributed by atoms with Crippen molar-refractivity contribution in [3.63, 3.8) is 0 Å². The number of nitrogens with zero attached hydrogens (tertiary/aromatic N) is 3. The van der Waals surface area contributed by atoms with Crippen molar-refractivity contribution in [1.82, 2.24) is 10.3 Å². The van der Waals surface area contributed by atoms with Gasteiger partial charge in [-0.3, -0.25) is 14.9 Å². The molecular weight excluding hydrogens is 264 g/mol. The van der Waals surface area contributed by atoms with E-state index in [4.69, 9.17) is 11.8 Å². The normalized spacial score (nSPS) is 16.9. The van der Waals surface area contributed by atoms with Crippen LogP contribution in [0.15, 0.2) is 9.61 Å². The Hall–Kier alpha value is -1.08. The molecule has 8 heteroatoms. The van der Waals surface area contributed by atoms with Crippen LogP contribution in [0.1, 0.15) is 19.8 Å². The molecule has 0 unspecified atom stereocenters. The van der Waals surface area contributed by atoms with E-state index in [0.29, 0.717) is 17.3 Å². The minimum absolute atomic E-state index is 0.101. The summed E-state index contributed by atoms with van der Waals surface area (Å²) in [5, 5.41) is 7.94. The molecule has 0 aromatic carbocycles. The molecule has 1 rings (SSSR count).